The third-order valence-electron chi connectivity index (χ3n) is 1.88. The summed E-state index contributed by atoms with van der Waals surface area (Å²) in [7, 11) is -3.83. The Morgan fingerprint density at radius 2 is 1.94 bits per heavy atom. The number of sulfonamides is 1. The standard InChI is InChI=1S/C9H12N2O4S/c10-6-8(9(12)13)11-16(14,15)7-4-2-1-3-5-7/h1-5,8,11H,6,10H2,(H,12,13)/t8-/m0/s1. The van der Waals surface area contributed by atoms with E-state index in [0.717, 1.165) is 0 Å². The van der Waals surface area contributed by atoms with Crippen LogP contribution in [0.15, 0.2) is 35.2 Å². The van der Waals surface area contributed by atoms with Crippen molar-refractivity contribution in [2.75, 3.05) is 6.54 Å². The van der Waals surface area contributed by atoms with Crippen LogP contribution in [-0.2, 0) is 14.8 Å². The van der Waals surface area contributed by atoms with Crippen molar-refractivity contribution >= 4 is 16.0 Å². The maximum absolute atomic E-state index is 11.7. The van der Waals surface area contributed by atoms with Gasteiger partial charge in [0.25, 0.3) is 0 Å². The summed E-state index contributed by atoms with van der Waals surface area (Å²) in [5, 5.41) is 8.68. The summed E-state index contributed by atoms with van der Waals surface area (Å²) in [5.74, 6) is -1.30. The fourth-order valence-corrected chi connectivity index (χ4v) is 2.28. The SMILES string of the molecule is NC[C@H](NS(=O)(=O)c1ccccc1)C(=O)O. The van der Waals surface area contributed by atoms with Crippen molar-refractivity contribution in [3.63, 3.8) is 0 Å². The Morgan fingerprint density at radius 3 is 2.38 bits per heavy atom. The Balaban J connectivity index is 2.92. The quantitative estimate of drug-likeness (QED) is 0.639. The molecule has 0 radical (unpaired) electrons. The highest BCUT2D eigenvalue weighted by Crippen LogP contribution is 2.07. The molecule has 0 bridgehead atoms. The van der Waals surface area contributed by atoms with Crippen LogP contribution in [0.4, 0.5) is 0 Å². The van der Waals surface area contributed by atoms with E-state index in [4.69, 9.17) is 10.8 Å². The van der Waals surface area contributed by atoms with E-state index < -0.39 is 22.0 Å². The van der Waals surface area contributed by atoms with Crippen molar-refractivity contribution in [3.05, 3.63) is 30.3 Å². The van der Waals surface area contributed by atoms with E-state index in [1.165, 1.54) is 12.1 Å². The fourth-order valence-electron chi connectivity index (χ4n) is 1.05. The summed E-state index contributed by atoms with van der Waals surface area (Å²) >= 11 is 0. The van der Waals surface area contributed by atoms with Gasteiger partial charge in [-0.1, -0.05) is 18.2 Å². The minimum Gasteiger partial charge on any atom is -0.480 e. The van der Waals surface area contributed by atoms with Crippen molar-refractivity contribution in [3.8, 4) is 0 Å². The van der Waals surface area contributed by atoms with Gasteiger partial charge in [-0.2, -0.15) is 4.72 Å². The van der Waals surface area contributed by atoms with Crippen LogP contribution in [0, 0.1) is 0 Å². The van der Waals surface area contributed by atoms with Crippen LogP contribution >= 0.6 is 0 Å². The molecular weight excluding hydrogens is 232 g/mol. The van der Waals surface area contributed by atoms with E-state index in [9.17, 15) is 13.2 Å². The van der Waals surface area contributed by atoms with E-state index in [2.05, 4.69) is 0 Å². The first-order valence-electron chi connectivity index (χ1n) is 4.47. The van der Waals surface area contributed by atoms with Gasteiger partial charge >= 0.3 is 5.97 Å². The molecule has 0 unspecified atom stereocenters. The van der Waals surface area contributed by atoms with Gasteiger partial charge in [0.05, 0.1) is 4.90 Å². The van der Waals surface area contributed by atoms with E-state index in [1.54, 1.807) is 18.2 Å². The van der Waals surface area contributed by atoms with Crippen molar-refractivity contribution in [1.82, 2.24) is 4.72 Å². The molecule has 0 aliphatic heterocycles. The van der Waals surface area contributed by atoms with Gasteiger partial charge in [-0.15, -0.1) is 0 Å². The van der Waals surface area contributed by atoms with Gasteiger partial charge < -0.3 is 10.8 Å². The lowest BCUT2D eigenvalue weighted by Crippen LogP contribution is -2.45. The number of rotatable bonds is 5. The number of carbonyl (C=O) groups is 1. The van der Waals surface area contributed by atoms with E-state index in [-0.39, 0.29) is 11.4 Å². The molecule has 16 heavy (non-hydrogen) atoms. The number of carboxylic acids is 1. The lowest BCUT2D eigenvalue weighted by atomic mass is 10.3. The molecule has 0 aromatic heterocycles. The molecule has 0 spiro atoms. The summed E-state index contributed by atoms with van der Waals surface area (Å²) in [6, 6.07) is 6.19. The van der Waals surface area contributed by atoms with Crippen molar-refractivity contribution < 1.29 is 18.3 Å². The van der Waals surface area contributed by atoms with Crippen molar-refractivity contribution in [2.24, 2.45) is 5.73 Å². The predicted molar refractivity (Wildman–Crippen MR) is 57.2 cm³/mol. The van der Waals surface area contributed by atoms with E-state index in [0.29, 0.717) is 0 Å². The van der Waals surface area contributed by atoms with Crippen LogP contribution in [0.3, 0.4) is 0 Å². The van der Waals surface area contributed by atoms with Crippen LogP contribution in [-0.4, -0.2) is 32.1 Å². The minimum absolute atomic E-state index is 0.00898. The highest BCUT2D eigenvalue weighted by molar-refractivity contribution is 7.89. The molecule has 0 heterocycles. The fraction of sp³-hybridized carbons (Fsp3) is 0.222. The first kappa shape index (κ1) is 12.6. The Hall–Kier alpha value is -1.44. The lowest BCUT2D eigenvalue weighted by molar-refractivity contribution is -0.138. The number of carboxylic acid groups (broad SMARTS) is 1. The maximum atomic E-state index is 11.7. The van der Waals surface area contributed by atoms with E-state index >= 15 is 0 Å². The second kappa shape index (κ2) is 5.06. The largest absolute Gasteiger partial charge is 0.480 e. The van der Waals surface area contributed by atoms with E-state index in [1.807, 2.05) is 4.72 Å². The molecular formula is C9H12N2O4S. The summed E-state index contributed by atoms with van der Waals surface area (Å²) < 4.78 is 25.4. The highest BCUT2D eigenvalue weighted by Gasteiger charge is 2.23. The third kappa shape index (κ3) is 3.02. The zero-order valence-corrected chi connectivity index (χ0v) is 9.15. The second-order valence-electron chi connectivity index (χ2n) is 3.06. The van der Waals surface area contributed by atoms with Gasteiger partial charge in [-0.05, 0) is 12.1 Å². The third-order valence-corrected chi connectivity index (χ3v) is 3.37. The van der Waals surface area contributed by atoms with Crippen LogP contribution in [0.5, 0.6) is 0 Å². The van der Waals surface area contributed by atoms with Gasteiger partial charge in [0.15, 0.2) is 0 Å². The summed E-state index contributed by atoms with van der Waals surface area (Å²) in [4.78, 5) is 10.6. The Kier molecular flexibility index (Phi) is 3.99. The average Bonchev–Trinajstić information content (AvgIpc) is 2.27. The molecule has 7 heteroatoms. The molecule has 0 aliphatic carbocycles. The van der Waals surface area contributed by atoms with Crippen LogP contribution in [0.2, 0.25) is 0 Å². The zero-order chi connectivity index (χ0) is 12.2. The maximum Gasteiger partial charge on any atom is 0.323 e. The molecule has 0 saturated carbocycles. The smallest absolute Gasteiger partial charge is 0.323 e. The second-order valence-corrected chi connectivity index (χ2v) is 4.77. The Labute approximate surface area is 93.1 Å². The normalized spacial score (nSPS) is 13.3. The zero-order valence-electron chi connectivity index (χ0n) is 8.33. The number of benzene rings is 1. The number of nitrogens with one attached hydrogen (secondary N) is 1. The number of hydrogen-bond acceptors (Lipinski definition) is 4. The summed E-state index contributed by atoms with van der Waals surface area (Å²) in [6.45, 7) is -0.304. The Bertz CT molecular complexity index is 458. The molecule has 0 saturated heterocycles. The predicted octanol–water partition coefficient (Wildman–Crippen LogP) is -0.623. The van der Waals surface area contributed by atoms with Crippen LogP contribution in [0.25, 0.3) is 0 Å². The molecule has 1 rings (SSSR count). The molecule has 1 aromatic rings. The summed E-state index contributed by atoms with van der Waals surface area (Å²) in [5.41, 5.74) is 5.15. The molecule has 88 valence electrons. The van der Waals surface area contributed by atoms with Gasteiger partial charge in [0.1, 0.15) is 6.04 Å². The molecule has 4 N–H and O–H groups in total. The molecule has 0 amide bonds. The number of nitrogens with two attached hydrogens (primary N) is 1. The summed E-state index contributed by atoms with van der Waals surface area (Å²) in [6.07, 6.45) is 0. The molecule has 6 nitrogen and oxygen atoms in total. The first-order valence-corrected chi connectivity index (χ1v) is 5.96. The van der Waals surface area contributed by atoms with Gasteiger partial charge in [-0.25, -0.2) is 8.42 Å². The van der Waals surface area contributed by atoms with Gasteiger partial charge in [0.2, 0.25) is 10.0 Å². The average molecular weight is 244 g/mol. The van der Waals surface area contributed by atoms with Gasteiger partial charge in [0, 0.05) is 6.54 Å². The molecule has 1 atom stereocenters. The van der Waals surface area contributed by atoms with Crippen molar-refractivity contribution in [2.45, 2.75) is 10.9 Å². The molecule has 0 fully saturated rings. The monoisotopic (exact) mass is 244 g/mol. The number of aliphatic carboxylic acids is 1. The molecule has 0 aliphatic rings. The van der Waals surface area contributed by atoms with Crippen LogP contribution in [0.1, 0.15) is 0 Å². The van der Waals surface area contributed by atoms with Gasteiger partial charge in [-0.3, -0.25) is 4.79 Å². The lowest BCUT2D eigenvalue weighted by Gasteiger charge is -2.12. The number of hydrogen-bond donors (Lipinski definition) is 3. The highest BCUT2D eigenvalue weighted by atomic mass is 32.2. The minimum atomic E-state index is -3.83. The molecule has 1 aromatic carbocycles. The van der Waals surface area contributed by atoms with Crippen LogP contribution < -0.4 is 10.5 Å². The van der Waals surface area contributed by atoms with Crippen molar-refractivity contribution in [1.29, 1.82) is 0 Å². The Morgan fingerprint density at radius 1 is 1.38 bits per heavy atom. The topological polar surface area (TPSA) is 109 Å². The first-order chi connectivity index (χ1) is 7.47.